The molecular weight excluding hydrogens is 308 g/mol. The third kappa shape index (κ3) is 6.20. The first kappa shape index (κ1) is 17.2. The number of aliphatic hydroxyl groups excluding tert-OH is 1. The normalized spacial score (nSPS) is 17.4. The van der Waals surface area contributed by atoms with Gasteiger partial charge in [0.15, 0.2) is 0 Å². The van der Waals surface area contributed by atoms with Crippen LogP contribution in [0.25, 0.3) is 0 Å². The van der Waals surface area contributed by atoms with Crippen LogP contribution in [-0.4, -0.2) is 53.9 Å². The summed E-state index contributed by atoms with van der Waals surface area (Å²) in [6.07, 6.45) is 6.00. The zero-order chi connectivity index (χ0) is 14.9. The molecule has 0 bridgehead atoms. The maximum Gasteiger partial charge on any atom is 0.0928 e. The Morgan fingerprint density at radius 1 is 1.38 bits per heavy atom. The summed E-state index contributed by atoms with van der Waals surface area (Å²) >= 11 is 7.48. The number of aromatic nitrogens is 1. The second-order valence-corrected chi connectivity index (χ2v) is 6.67. The molecule has 2 rings (SSSR count). The predicted octanol–water partition coefficient (Wildman–Crippen LogP) is 2.68. The van der Waals surface area contributed by atoms with Crippen molar-refractivity contribution in [3.05, 3.63) is 16.1 Å². The molecule has 1 aliphatic heterocycles. The Labute approximate surface area is 136 Å². The van der Waals surface area contributed by atoms with Crippen molar-refractivity contribution >= 4 is 22.9 Å². The summed E-state index contributed by atoms with van der Waals surface area (Å²) in [6, 6.07) is 0. The van der Waals surface area contributed by atoms with Crippen LogP contribution in [0.2, 0.25) is 0 Å². The van der Waals surface area contributed by atoms with Crippen LogP contribution < -0.4 is 0 Å². The molecule has 4 nitrogen and oxygen atoms in total. The van der Waals surface area contributed by atoms with Gasteiger partial charge >= 0.3 is 0 Å². The number of aliphatic hydroxyl groups is 1. The number of thiazole rings is 1. The number of aryl methyl sites for hydroxylation is 1. The maximum atomic E-state index is 8.76. The monoisotopic (exact) mass is 332 g/mol. The molecule has 0 aromatic carbocycles. The number of unbranched alkanes of at least 4 members (excludes halogenated alkanes) is 1. The van der Waals surface area contributed by atoms with Crippen LogP contribution in [0.4, 0.5) is 0 Å². The van der Waals surface area contributed by atoms with Crippen molar-refractivity contribution in [3.8, 4) is 0 Å². The number of nitrogens with zero attached hydrogens (tertiary/aromatic N) is 2. The minimum atomic E-state index is 0.127. The fourth-order valence-electron chi connectivity index (χ4n) is 2.66. The number of alkyl halides is 1. The molecule has 120 valence electrons. The summed E-state index contributed by atoms with van der Waals surface area (Å²) in [5.41, 5.74) is 1.00. The zero-order valence-corrected chi connectivity index (χ0v) is 14.0. The standard InChI is InChI=1S/C15H25ClN2O2S/c16-11-13-12-21-15(17-13)3-1-2-6-18-7-4-14(5-8-18)20-10-9-19/h12,14,19H,1-11H2. The van der Waals surface area contributed by atoms with Crippen LogP contribution in [0.15, 0.2) is 5.38 Å². The van der Waals surface area contributed by atoms with Crippen LogP contribution in [0.1, 0.15) is 36.4 Å². The van der Waals surface area contributed by atoms with Gasteiger partial charge in [0.2, 0.25) is 0 Å². The average Bonchev–Trinajstić information content (AvgIpc) is 2.99. The molecule has 1 aliphatic rings. The highest BCUT2D eigenvalue weighted by atomic mass is 35.5. The lowest BCUT2D eigenvalue weighted by Gasteiger charge is -2.31. The van der Waals surface area contributed by atoms with Crippen molar-refractivity contribution in [3.63, 3.8) is 0 Å². The number of likely N-dealkylation sites (tertiary alicyclic amines) is 1. The van der Waals surface area contributed by atoms with Crippen LogP contribution in [0.3, 0.4) is 0 Å². The Morgan fingerprint density at radius 2 is 2.19 bits per heavy atom. The van der Waals surface area contributed by atoms with E-state index in [9.17, 15) is 0 Å². The van der Waals surface area contributed by atoms with Crippen LogP contribution >= 0.6 is 22.9 Å². The fourth-order valence-corrected chi connectivity index (χ4v) is 3.72. The van der Waals surface area contributed by atoms with Crippen molar-refractivity contribution < 1.29 is 9.84 Å². The molecule has 1 aromatic heterocycles. The lowest BCUT2D eigenvalue weighted by atomic mass is 10.1. The molecule has 0 radical (unpaired) electrons. The highest BCUT2D eigenvalue weighted by Gasteiger charge is 2.18. The number of ether oxygens (including phenoxy) is 1. The van der Waals surface area contributed by atoms with Crippen molar-refractivity contribution in [1.82, 2.24) is 9.88 Å². The number of hydrogen-bond donors (Lipinski definition) is 1. The Kier molecular flexibility index (Phi) is 7.96. The van der Waals surface area contributed by atoms with E-state index in [-0.39, 0.29) is 6.61 Å². The summed E-state index contributed by atoms with van der Waals surface area (Å²) in [6.45, 7) is 4.00. The summed E-state index contributed by atoms with van der Waals surface area (Å²) < 4.78 is 5.58. The molecule has 1 N–H and O–H groups in total. The minimum absolute atomic E-state index is 0.127. The first-order valence-corrected chi connectivity index (χ1v) is 9.17. The number of hydrogen-bond acceptors (Lipinski definition) is 5. The quantitative estimate of drug-likeness (QED) is 0.558. The van der Waals surface area contributed by atoms with E-state index < -0.39 is 0 Å². The molecule has 21 heavy (non-hydrogen) atoms. The van der Waals surface area contributed by atoms with Gasteiger partial charge in [0.25, 0.3) is 0 Å². The Hall–Kier alpha value is -0.200. The van der Waals surface area contributed by atoms with Crippen LogP contribution in [0.5, 0.6) is 0 Å². The maximum absolute atomic E-state index is 8.76. The molecular formula is C15H25ClN2O2S. The lowest BCUT2D eigenvalue weighted by Crippen LogP contribution is -2.37. The first-order chi connectivity index (χ1) is 10.3. The van der Waals surface area contributed by atoms with Crippen molar-refractivity contribution in [2.75, 3.05) is 32.8 Å². The number of halogens is 1. The van der Waals surface area contributed by atoms with E-state index in [0.29, 0.717) is 18.6 Å². The van der Waals surface area contributed by atoms with E-state index >= 15 is 0 Å². The van der Waals surface area contributed by atoms with Gasteiger partial charge in [0, 0.05) is 18.5 Å². The van der Waals surface area contributed by atoms with Gasteiger partial charge in [-0.1, -0.05) is 0 Å². The van der Waals surface area contributed by atoms with Gasteiger partial charge in [0.1, 0.15) is 0 Å². The second kappa shape index (κ2) is 9.74. The highest BCUT2D eigenvalue weighted by molar-refractivity contribution is 7.09. The number of rotatable bonds is 9. The molecule has 0 atom stereocenters. The fraction of sp³-hybridized carbons (Fsp3) is 0.800. The highest BCUT2D eigenvalue weighted by Crippen LogP contribution is 2.16. The van der Waals surface area contributed by atoms with E-state index in [1.165, 1.54) is 24.4 Å². The van der Waals surface area contributed by atoms with Crippen LogP contribution in [-0.2, 0) is 17.0 Å². The third-order valence-electron chi connectivity index (χ3n) is 3.83. The van der Waals surface area contributed by atoms with E-state index in [1.807, 2.05) is 0 Å². The minimum Gasteiger partial charge on any atom is -0.394 e. The smallest absolute Gasteiger partial charge is 0.0928 e. The average molecular weight is 333 g/mol. The van der Waals surface area contributed by atoms with E-state index in [2.05, 4.69) is 15.3 Å². The van der Waals surface area contributed by atoms with Gasteiger partial charge in [-0.05, 0) is 38.6 Å². The molecule has 0 amide bonds. The molecule has 1 fully saturated rings. The van der Waals surface area contributed by atoms with Crippen molar-refractivity contribution in [2.45, 2.75) is 44.1 Å². The van der Waals surface area contributed by atoms with Gasteiger partial charge in [-0.3, -0.25) is 0 Å². The van der Waals surface area contributed by atoms with Gasteiger partial charge in [-0.25, -0.2) is 4.98 Å². The molecule has 2 heterocycles. The lowest BCUT2D eigenvalue weighted by molar-refractivity contribution is -0.00785. The van der Waals surface area contributed by atoms with Gasteiger partial charge < -0.3 is 14.7 Å². The Bertz CT molecular complexity index is 395. The molecule has 0 saturated carbocycles. The molecule has 0 spiro atoms. The molecule has 1 saturated heterocycles. The van der Waals surface area contributed by atoms with E-state index in [0.717, 1.165) is 38.0 Å². The summed E-state index contributed by atoms with van der Waals surface area (Å²) in [7, 11) is 0. The number of piperidine rings is 1. The van der Waals surface area contributed by atoms with Gasteiger partial charge in [-0.2, -0.15) is 0 Å². The second-order valence-electron chi connectivity index (χ2n) is 5.46. The van der Waals surface area contributed by atoms with Crippen molar-refractivity contribution in [1.29, 1.82) is 0 Å². The van der Waals surface area contributed by atoms with Gasteiger partial charge in [0.05, 0.1) is 35.9 Å². The SMILES string of the molecule is OCCOC1CCN(CCCCc2nc(CCl)cs2)CC1. The first-order valence-electron chi connectivity index (χ1n) is 7.76. The molecule has 6 heteroatoms. The third-order valence-corrected chi connectivity index (χ3v) is 5.06. The Morgan fingerprint density at radius 3 is 2.86 bits per heavy atom. The zero-order valence-electron chi connectivity index (χ0n) is 12.5. The predicted molar refractivity (Wildman–Crippen MR) is 87.1 cm³/mol. The molecule has 1 aromatic rings. The summed E-state index contributed by atoms with van der Waals surface area (Å²) in [4.78, 5) is 7.01. The topological polar surface area (TPSA) is 45.6 Å². The van der Waals surface area contributed by atoms with Crippen molar-refractivity contribution in [2.24, 2.45) is 0 Å². The molecule has 0 aliphatic carbocycles. The van der Waals surface area contributed by atoms with Gasteiger partial charge in [-0.15, -0.1) is 22.9 Å². The van der Waals surface area contributed by atoms with E-state index in [1.54, 1.807) is 11.3 Å². The van der Waals surface area contributed by atoms with Crippen LogP contribution in [0, 0.1) is 0 Å². The summed E-state index contributed by atoms with van der Waals surface area (Å²) in [5, 5.41) is 12.0. The largest absolute Gasteiger partial charge is 0.394 e. The molecule has 0 unspecified atom stereocenters. The Balaban J connectivity index is 1.53. The summed E-state index contributed by atoms with van der Waals surface area (Å²) in [5.74, 6) is 0.518. The van der Waals surface area contributed by atoms with E-state index in [4.69, 9.17) is 21.4 Å².